The molecule has 4 rings (SSSR count). The number of rotatable bonds is 5. The van der Waals surface area contributed by atoms with Gasteiger partial charge in [0.2, 0.25) is 0 Å². The van der Waals surface area contributed by atoms with Gasteiger partial charge in [-0.05, 0) is 48.9 Å². The monoisotopic (exact) mass is 421 g/mol. The summed E-state index contributed by atoms with van der Waals surface area (Å²) in [5, 5.41) is 0. The van der Waals surface area contributed by atoms with E-state index in [0.717, 1.165) is 10.5 Å². The highest BCUT2D eigenvalue weighted by Crippen LogP contribution is 2.25. The molecule has 2 aromatic carbocycles. The number of hydrogen-bond donors (Lipinski definition) is 0. The van der Waals surface area contributed by atoms with E-state index in [9.17, 15) is 18.0 Å². The minimum absolute atomic E-state index is 0.0438. The molecule has 0 saturated heterocycles. The van der Waals surface area contributed by atoms with Gasteiger partial charge in [0.15, 0.2) is 0 Å². The summed E-state index contributed by atoms with van der Waals surface area (Å²) in [6.07, 6.45) is 1.47. The van der Waals surface area contributed by atoms with Gasteiger partial charge < -0.3 is 0 Å². The number of aromatic nitrogens is 1. The Labute approximate surface area is 174 Å². The van der Waals surface area contributed by atoms with Crippen LogP contribution in [0.2, 0.25) is 0 Å². The molecule has 3 aromatic rings. The van der Waals surface area contributed by atoms with Crippen LogP contribution in [0.4, 0.5) is 5.69 Å². The van der Waals surface area contributed by atoms with Crippen LogP contribution in [0.15, 0.2) is 71.8 Å². The summed E-state index contributed by atoms with van der Waals surface area (Å²) < 4.78 is 27.1. The lowest BCUT2D eigenvalue weighted by atomic mass is 10.2. The summed E-state index contributed by atoms with van der Waals surface area (Å²) >= 11 is 0. The van der Waals surface area contributed by atoms with Gasteiger partial charge in [-0.25, -0.2) is 8.42 Å². The van der Waals surface area contributed by atoms with Crippen molar-refractivity contribution in [2.24, 2.45) is 0 Å². The molecule has 0 spiro atoms. The van der Waals surface area contributed by atoms with Crippen molar-refractivity contribution in [3.63, 3.8) is 0 Å². The van der Waals surface area contributed by atoms with Crippen LogP contribution in [0, 0.1) is 6.92 Å². The van der Waals surface area contributed by atoms with Crippen LogP contribution >= 0.6 is 0 Å². The third kappa shape index (κ3) is 3.35. The van der Waals surface area contributed by atoms with Gasteiger partial charge in [0.05, 0.1) is 22.7 Å². The highest BCUT2D eigenvalue weighted by Gasteiger charge is 2.36. The first kappa shape index (κ1) is 19.8. The summed E-state index contributed by atoms with van der Waals surface area (Å²) in [6.45, 7) is 1.98. The summed E-state index contributed by atoms with van der Waals surface area (Å²) in [4.78, 5) is 30.1. The highest BCUT2D eigenvalue weighted by molar-refractivity contribution is 7.92. The second kappa shape index (κ2) is 7.38. The fourth-order valence-electron chi connectivity index (χ4n) is 3.26. The topological polar surface area (TPSA) is 87.7 Å². The van der Waals surface area contributed by atoms with E-state index < -0.39 is 21.8 Å². The number of pyridine rings is 1. The molecule has 152 valence electrons. The molecule has 8 heteroatoms. The van der Waals surface area contributed by atoms with E-state index in [0.29, 0.717) is 11.3 Å². The van der Waals surface area contributed by atoms with Gasteiger partial charge in [0.1, 0.15) is 5.69 Å². The Morgan fingerprint density at radius 3 is 2.23 bits per heavy atom. The molecule has 0 unspecified atom stereocenters. The molecule has 0 saturated carbocycles. The Kier molecular flexibility index (Phi) is 4.87. The zero-order valence-corrected chi connectivity index (χ0v) is 17.3. The molecule has 2 amide bonds. The van der Waals surface area contributed by atoms with Crippen LogP contribution in [0.5, 0.6) is 0 Å². The Hall–Kier alpha value is -3.52. The lowest BCUT2D eigenvalue weighted by Gasteiger charge is -2.20. The summed E-state index contributed by atoms with van der Waals surface area (Å²) in [6, 6.07) is 16.5. The van der Waals surface area contributed by atoms with Gasteiger partial charge in [0.25, 0.3) is 21.8 Å². The van der Waals surface area contributed by atoms with Gasteiger partial charge in [-0.3, -0.25) is 23.8 Å². The first-order valence-electron chi connectivity index (χ1n) is 9.25. The van der Waals surface area contributed by atoms with E-state index in [1.165, 1.54) is 29.7 Å². The van der Waals surface area contributed by atoms with Gasteiger partial charge in [0, 0.05) is 13.2 Å². The average molecular weight is 421 g/mol. The molecular formula is C22H19N3O4S. The number of anilines is 1. The van der Waals surface area contributed by atoms with Crippen molar-refractivity contribution >= 4 is 27.5 Å². The normalized spacial score (nSPS) is 13.5. The molecule has 1 aromatic heterocycles. The lowest BCUT2D eigenvalue weighted by Crippen LogP contribution is -2.29. The second-order valence-corrected chi connectivity index (χ2v) is 9.02. The van der Waals surface area contributed by atoms with Crippen molar-refractivity contribution < 1.29 is 18.0 Å². The molecule has 0 bridgehead atoms. The SMILES string of the molecule is Cc1ccc(N(C)S(=O)(=O)c2ccc(CN3C(=O)c4cccnc4C3=O)cc2)cc1. The minimum atomic E-state index is -3.74. The zero-order chi connectivity index (χ0) is 21.5. The maximum absolute atomic E-state index is 12.9. The molecule has 0 aliphatic carbocycles. The largest absolute Gasteiger partial charge is 0.280 e. The number of carbonyl (C=O) groups excluding carboxylic acids is 2. The van der Waals surface area contributed by atoms with E-state index in [1.54, 1.807) is 36.4 Å². The third-order valence-electron chi connectivity index (χ3n) is 5.05. The molecule has 0 fully saturated rings. The van der Waals surface area contributed by atoms with E-state index in [2.05, 4.69) is 4.98 Å². The van der Waals surface area contributed by atoms with E-state index >= 15 is 0 Å². The summed E-state index contributed by atoms with van der Waals surface area (Å²) in [5.41, 5.74) is 2.66. The molecule has 7 nitrogen and oxygen atoms in total. The van der Waals surface area contributed by atoms with Crippen LogP contribution < -0.4 is 4.31 Å². The van der Waals surface area contributed by atoms with Crippen molar-refractivity contribution in [2.75, 3.05) is 11.4 Å². The Balaban J connectivity index is 1.54. The number of sulfonamides is 1. The Morgan fingerprint density at radius 1 is 0.933 bits per heavy atom. The molecule has 1 aliphatic rings. The first-order chi connectivity index (χ1) is 14.3. The molecular weight excluding hydrogens is 402 g/mol. The number of benzene rings is 2. The van der Waals surface area contributed by atoms with Crippen molar-refractivity contribution in [2.45, 2.75) is 18.4 Å². The average Bonchev–Trinajstić information content (AvgIpc) is 2.99. The van der Waals surface area contributed by atoms with Gasteiger partial charge in [-0.15, -0.1) is 0 Å². The number of fused-ring (bicyclic) bond motifs is 1. The maximum Gasteiger partial charge on any atom is 0.280 e. The number of aryl methyl sites for hydroxylation is 1. The van der Waals surface area contributed by atoms with E-state index in [1.807, 2.05) is 19.1 Å². The quantitative estimate of drug-likeness (QED) is 0.591. The van der Waals surface area contributed by atoms with Gasteiger partial charge in [-0.2, -0.15) is 0 Å². The second-order valence-electron chi connectivity index (χ2n) is 7.05. The molecule has 2 heterocycles. The molecule has 0 N–H and O–H groups in total. The number of nitrogens with zero attached hydrogens (tertiary/aromatic N) is 3. The lowest BCUT2D eigenvalue weighted by molar-refractivity contribution is 0.0640. The zero-order valence-electron chi connectivity index (χ0n) is 16.4. The van der Waals surface area contributed by atoms with Crippen LogP contribution in [0.1, 0.15) is 32.0 Å². The molecule has 0 atom stereocenters. The van der Waals surface area contributed by atoms with Crippen LogP contribution in [0.25, 0.3) is 0 Å². The van der Waals surface area contributed by atoms with Crippen molar-refractivity contribution in [3.8, 4) is 0 Å². The van der Waals surface area contributed by atoms with E-state index in [4.69, 9.17) is 0 Å². The standard InChI is InChI=1S/C22H19N3O4S/c1-15-5-9-17(10-6-15)24(2)30(28,29)18-11-7-16(8-12-18)14-25-21(26)19-4-3-13-23-20(19)22(25)27/h3-13H,14H2,1-2H3. The highest BCUT2D eigenvalue weighted by atomic mass is 32.2. The number of carbonyl (C=O) groups is 2. The van der Waals surface area contributed by atoms with Crippen molar-refractivity contribution in [1.82, 2.24) is 9.88 Å². The summed E-state index contributed by atoms with van der Waals surface area (Å²) in [5.74, 6) is -0.856. The smallest absolute Gasteiger partial charge is 0.269 e. The van der Waals surface area contributed by atoms with E-state index in [-0.39, 0.29) is 22.7 Å². The summed E-state index contributed by atoms with van der Waals surface area (Å²) in [7, 11) is -2.24. The number of amides is 2. The molecule has 1 aliphatic heterocycles. The van der Waals surface area contributed by atoms with Crippen molar-refractivity contribution in [3.05, 3.63) is 89.2 Å². The van der Waals surface area contributed by atoms with Crippen LogP contribution in [0.3, 0.4) is 0 Å². The van der Waals surface area contributed by atoms with Crippen LogP contribution in [-0.2, 0) is 16.6 Å². The number of hydrogen-bond acceptors (Lipinski definition) is 5. The molecule has 30 heavy (non-hydrogen) atoms. The Bertz CT molecular complexity index is 1200. The van der Waals surface area contributed by atoms with Gasteiger partial charge >= 0.3 is 0 Å². The van der Waals surface area contributed by atoms with Crippen LogP contribution in [-0.4, -0.2) is 37.2 Å². The predicted molar refractivity (Wildman–Crippen MR) is 112 cm³/mol. The molecule has 0 radical (unpaired) electrons. The fourth-order valence-corrected chi connectivity index (χ4v) is 4.45. The van der Waals surface area contributed by atoms with Crippen molar-refractivity contribution in [1.29, 1.82) is 0 Å². The predicted octanol–water partition coefficient (Wildman–Crippen LogP) is 3.01. The number of imide groups is 1. The minimum Gasteiger partial charge on any atom is -0.269 e. The third-order valence-corrected chi connectivity index (χ3v) is 6.85. The maximum atomic E-state index is 12.9. The van der Waals surface area contributed by atoms with Gasteiger partial charge in [-0.1, -0.05) is 29.8 Å². The Morgan fingerprint density at radius 2 is 1.60 bits per heavy atom. The fraction of sp³-hybridized carbons (Fsp3) is 0.136. The first-order valence-corrected chi connectivity index (χ1v) is 10.7.